The topological polar surface area (TPSA) is 30.0 Å². The van der Waals surface area contributed by atoms with E-state index in [0.29, 0.717) is 22.7 Å². The first kappa shape index (κ1) is 15.6. The van der Waals surface area contributed by atoms with Crippen LogP contribution in [-0.2, 0) is 16.7 Å². The third kappa shape index (κ3) is 4.32. The Morgan fingerprint density at radius 2 is 1.81 bits per heavy atom. The molecule has 0 radical (unpaired) electrons. The van der Waals surface area contributed by atoms with E-state index >= 15 is 0 Å². The molecule has 0 unspecified atom stereocenters. The number of hydrogen-bond acceptors (Lipinski definition) is 3. The summed E-state index contributed by atoms with van der Waals surface area (Å²) < 4.78 is 37.5. The van der Waals surface area contributed by atoms with Crippen LogP contribution < -0.4 is 0 Å². The quantitative estimate of drug-likeness (QED) is 0.833. The van der Waals surface area contributed by atoms with Crippen LogP contribution in [0.5, 0.6) is 0 Å². The molecule has 0 spiro atoms. The second-order valence-electron chi connectivity index (χ2n) is 4.37. The van der Waals surface area contributed by atoms with Crippen molar-refractivity contribution in [2.24, 2.45) is 0 Å². The Bertz CT molecular complexity index is 638. The Kier molecular flexibility index (Phi) is 4.67. The van der Waals surface area contributed by atoms with Crippen molar-refractivity contribution >= 4 is 16.9 Å². The van der Waals surface area contributed by atoms with Crippen LogP contribution in [0.3, 0.4) is 0 Å². The van der Waals surface area contributed by atoms with E-state index in [4.69, 9.17) is 0 Å². The van der Waals surface area contributed by atoms with Crippen molar-refractivity contribution in [1.29, 1.82) is 0 Å². The Balaban J connectivity index is 2.22. The Morgan fingerprint density at radius 3 is 2.38 bits per heavy atom. The summed E-state index contributed by atoms with van der Waals surface area (Å²) in [6.07, 6.45) is -4.34. The standard InChI is InChI=1S/C15H12F3NOS/c1-10(20)21-9-13-3-2-4-14(19-13)11-5-7-12(8-6-11)15(16,17)18/h2-8H,9H2,1H3. The van der Waals surface area contributed by atoms with Gasteiger partial charge in [-0.2, -0.15) is 13.2 Å². The lowest BCUT2D eigenvalue weighted by molar-refractivity contribution is -0.137. The summed E-state index contributed by atoms with van der Waals surface area (Å²) >= 11 is 1.14. The van der Waals surface area contributed by atoms with Gasteiger partial charge in [0.1, 0.15) is 0 Å². The van der Waals surface area contributed by atoms with E-state index < -0.39 is 11.7 Å². The number of carbonyl (C=O) groups is 1. The van der Waals surface area contributed by atoms with Gasteiger partial charge in [-0.15, -0.1) is 0 Å². The van der Waals surface area contributed by atoms with Crippen LogP contribution in [0, 0.1) is 0 Å². The molecule has 1 aromatic carbocycles. The van der Waals surface area contributed by atoms with E-state index in [-0.39, 0.29) is 5.12 Å². The van der Waals surface area contributed by atoms with Crippen molar-refractivity contribution in [2.45, 2.75) is 18.9 Å². The number of hydrogen-bond donors (Lipinski definition) is 0. The molecule has 0 saturated carbocycles. The maximum absolute atomic E-state index is 12.5. The molecule has 0 bridgehead atoms. The zero-order chi connectivity index (χ0) is 15.5. The molecule has 2 nitrogen and oxygen atoms in total. The van der Waals surface area contributed by atoms with Crippen LogP contribution in [0.15, 0.2) is 42.5 Å². The first-order chi connectivity index (χ1) is 9.86. The molecule has 2 rings (SSSR count). The normalized spacial score (nSPS) is 11.4. The molecule has 21 heavy (non-hydrogen) atoms. The molecule has 0 fully saturated rings. The van der Waals surface area contributed by atoms with Crippen molar-refractivity contribution in [2.75, 3.05) is 0 Å². The fourth-order valence-electron chi connectivity index (χ4n) is 1.73. The summed E-state index contributed by atoms with van der Waals surface area (Å²) in [6.45, 7) is 1.48. The number of nitrogens with zero attached hydrogens (tertiary/aromatic N) is 1. The van der Waals surface area contributed by atoms with Crippen LogP contribution >= 0.6 is 11.8 Å². The lowest BCUT2D eigenvalue weighted by Crippen LogP contribution is -2.04. The summed E-state index contributed by atoms with van der Waals surface area (Å²) in [5, 5.41) is -0.00302. The minimum atomic E-state index is -4.34. The first-order valence-corrected chi connectivity index (χ1v) is 7.12. The number of carbonyl (C=O) groups excluding carboxylic acids is 1. The van der Waals surface area contributed by atoms with Crippen molar-refractivity contribution in [3.63, 3.8) is 0 Å². The zero-order valence-electron chi connectivity index (χ0n) is 11.1. The SMILES string of the molecule is CC(=O)SCc1cccc(-c2ccc(C(F)(F)F)cc2)n1. The van der Waals surface area contributed by atoms with Gasteiger partial charge >= 0.3 is 6.18 Å². The summed E-state index contributed by atoms with van der Waals surface area (Å²) in [5.41, 5.74) is 1.23. The molecule has 0 aliphatic carbocycles. The number of aromatic nitrogens is 1. The van der Waals surface area contributed by atoms with Crippen LogP contribution in [0.1, 0.15) is 18.2 Å². The lowest BCUT2D eigenvalue weighted by atomic mass is 10.1. The van der Waals surface area contributed by atoms with Crippen LogP contribution in [0.25, 0.3) is 11.3 Å². The molecule has 0 N–H and O–H groups in total. The highest BCUT2D eigenvalue weighted by Gasteiger charge is 2.29. The Morgan fingerprint density at radius 1 is 1.14 bits per heavy atom. The molecule has 0 atom stereocenters. The number of rotatable bonds is 3. The Hall–Kier alpha value is -1.82. The van der Waals surface area contributed by atoms with Gasteiger partial charge in [0.05, 0.1) is 17.0 Å². The van der Waals surface area contributed by atoms with Crippen LogP contribution in [-0.4, -0.2) is 10.1 Å². The molecular formula is C15H12F3NOS. The van der Waals surface area contributed by atoms with E-state index in [1.54, 1.807) is 18.2 Å². The van der Waals surface area contributed by atoms with Gasteiger partial charge < -0.3 is 0 Å². The predicted octanol–water partition coefficient (Wildman–Crippen LogP) is 4.55. The lowest BCUT2D eigenvalue weighted by Gasteiger charge is -2.08. The molecule has 6 heteroatoms. The molecule has 1 aromatic heterocycles. The summed E-state index contributed by atoms with van der Waals surface area (Å²) in [7, 11) is 0. The summed E-state index contributed by atoms with van der Waals surface area (Å²) in [5.74, 6) is 0.448. The molecule has 110 valence electrons. The highest BCUT2D eigenvalue weighted by Crippen LogP contribution is 2.30. The fourth-order valence-corrected chi connectivity index (χ4v) is 2.24. The average molecular weight is 311 g/mol. The van der Waals surface area contributed by atoms with Gasteiger partial charge in [-0.3, -0.25) is 9.78 Å². The van der Waals surface area contributed by atoms with Gasteiger partial charge in [-0.1, -0.05) is 30.0 Å². The number of thioether (sulfide) groups is 1. The maximum atomic E-state index is 12.5. The molecule has 1 heterocycles. The van der Waals surface area contributed by atoms with Gasteiger partial charge in [0.15, 0.2) is 5.12 Å². The summed E-state index contributed by atoms with van der Waals surface area (Å²) in [6, 6.07) is 10.1. The Labute approximate surface area is 124 Å². The van der Waals surface area contributed by atoms with Crippen LogP contribution in [0.2, 0.25) is 0 Å². The maximum Gasteiger partial charge on any atom is 0.416 e. The molecule has 0 amide bonds. The van der Waals surface area contributed by atoms with Gasteiger partial charge in [-0.25, -0.2) is 0 Å². The van der Waals surface area contributed by atoms with Gasteiger partial charge in [0.2, 0.25) is 0 Å². The number of alkyl halides is 3. The third-order valence-electron chi connectivity index (χ3n) is 2.74. The molecule has 0 aliphatic heterocycles. The number of pyridine rings is 1. The van der Waals surface area contributed by atoms with Gasteiger partial charge in [0.25, 0.3) is 0 Å². The minimum absolute atomic E-state index is 0.00302. The summed E-state index contributed by atoms with van der Waals surface area (Å²) in [4.78, 5) is 15.3. The zero-order valence-corrected chi connectivity index (χ0v) is 12.0. The smallest absolute Gasteiger partial charge is 0.288 e. The van der Waals surface area contributed by atoms with E-state index in [1.807, 2.05) is 0 Å². The minimum Gasteiger partial charge on any atom is -0.288 e. The molecular weight excluding hydrogens is 299 g/mol. The molecule has 0 aliphatic rings. The van der Waals surface area contributed by atoms with E-state index in [1.165, 1.54) is 19.1 Å². The van der Waals surface area contributed by atoms with Gasteiger partial charge in [-0.05, 0) is 24.3 Å². The second kappa shape index (κ2) is 6.30. The highest BCUT2D eigenvalue weighted by atomic mass is 32.2. The van der Waals surface area contributed by atoms with E-state index in [0.717, 1.165) is 23.9 Å². The van der Waals surface area contributed by atoms with E-state index in [9.17, 15) is 18.0 Å². The van der Waals surface area contributed by atoms with Gasteiger partial charge in [0, 0.05) is 18.2 Å². The van der Waals surface area contributed by atoms with Crippen LogP contribution in [0.4, 0.5) is 13.2 Å². The van der Waals surface area contributed by atoms with Crippen molar-refractivity contribution in [3.8, 4) is 11.3 Å². The van der Waals surface area contributed by atoms with E-state index in [2.05, 4.69) is 4.98 Å². The largest absolute Gasteiger partial charge is 0.416 e. The number of benzene rings is 1. The average Bonchev–Trinajstić information content (AvgIpc) is 2.45. The van der Waals surface area contributed by atoms with Crippen molar-refractivity contribution < 1.29 is 18.0 Å². The monoisotopic (exact) mass is 311 g/mol. The fraction of sp³-hybridized carbons (Fsp3) is 0.200. The molecule has 0 saturated heterocycles. The number of halogens is 3. The third-order valence-corrected chi connectivity index (χ3v) is 3.58. The van der Waals surface area contributed by atoms with Crippen molar-refractivity contribution in [3.05, 3.63) is 53.7 Å². The highest BCUT2D eigenvalue weighted by molar-refractivity contribution is 8.12. The molecule has 2 aromatic rings. The predicted molar refractivity (Wildman–Crippen MR) is 76.7 cm³/mol. The first-order valence-electron chi connectivity index (χ1n) is 6.13. The van der Waals surface area contributed by atoms with Crippen molar-refractivity contribution in [1.82, 2.24) is 4.98 Å². The second-order valence-corrected chi connectivity index (χ2v) is 5.52.